The number of hydrogen-bond acceptors (Lipinski definition) is 5. The normalized spacial score (nSPS) is 18.9. The van der Waals surface area contributed by atoms with Crippen LogP contribution >= 0.6 is 23.8 Å². The minimum atomic E-state index is -0.512. The van der Waals surface area contributed by atoms with Crippen LogP contribution in [0, 0.1) is 0 Å². The van der Waals surface area contributed by atoms with Crippen molar-refractivity contribution in [2.75, 3.05) is 36.1 Å². The van der Waals surface area contributed by atoms with E-state index in [1.54, 1.807) is 30.3 Å². The molecule has 0 aromatic heterocycles. The van der Waals surface area contributed by atoms with Crippen molar-refractivity contribution in [2.45, 2.75) is 0 Å². The number of carbonyl (C=O) groups excluding carboxylic acids is 2. The third-order valence-electron chi connectivity index (χ3n) is 4.77. The molecule has 4 rings (SSSR count). The molecular weight excluding hydrogens is 410 g/mol. The molecule has 2 aliphatic rings. The molecule has 0 aliphatic carbocycles. The molecule has 0 spiro atoms. The van der Waals surface area contributed by atoms with Crippen molar-refractivity contribution in [3.05, 3.63) is 64.7 Å². The number of morpholine rings is 1. The summed E-state index contributed by atoms with van der Waals surface area (Å²) >= 11 is 11.1. The van der Waals surface area contributed by atoms with Crippen LogP contribution in [0.1, 0.15) is 5.56 Å². The molecule has 2 amide bonds. The van der Waals surface area contributed by atoms with Crippen LogP contribution in [0.5, 0.6) is 0 Å². The number of halogens is 1. The first-order valence-corrected chi connectivity index (χ1v) is 9.91. The lowest BCUT2D eigenvalue weighted by Crippen LogP contribution is -2.54. The van der Waals surface area contributed by atoms with Crippen LogP contribution in [0.3, 0.4) is 0 Å². The minimum Gasteiger partial charge on any atom is -0.378 e. The zero-order valence-corrected chi connectivity index (χ0v) is 17.0. The average Bonchev–Trinajstić information content (AvgIpc) is 2.73. The van der Waals surface area contributed by atoms with Crippen LogP contribution in [-0.4, -0.2) is 43.2 Å². The molecule has 0 saturated carbocycles. The second-order valence-electron chi connectivity index (χ2n) is 6.63. The Labute approximate surface area is 178 Å². The first-order valence-electron chi connectivity index (χ1n) is 9.13. The number of carbonyl (C=O) groups is 2. The van der Waals surface area contributed by atoms with Crippen LogP contribution in [0.2, 0.25) is 5.02 Å². The number of hydrogen-bond donors (Lipinski definition) is 1. The monoisotopic (exact) mass is 427 g/mol. The Morgan fingerprint density at radius 2 is 1.59 bits per heavy atom. The predicted octanol–water partition coefficient (Wildman–Crippen LogP) is 3.01. The average molecular weight is 428 g/mol. The Hall–Kier alpha value is -2.74. The lowest BCUT2D eigenvalue weighted by atomic mass is 10.1. The molecule has 2 saturated heterocycles. The van der Waals surface area contributed by atoms with E-state index >= 15 is 0 Å². The Morgan fingerprint density at radius 3 is 2.24 bits per heavy atom. The molecule has 0 atom stereocenters. The van der Waals surface area contributed by atoms with Crippen molar-refractivity contribution < 1.29 is 14.3 Å². The van der Waals surface area contributed by atoms with E-state index in [4.69, 9.17) is 28.6 Å². The Kier molecular flexibility index (Phi) is 5.62. The van der Waals surface area contributed by atoms with Gasteiger partial charge in [0.15, 0.2) is 5.11 Å². The molecule has 2 aromatic rings. The zero-order valence-electron chi connectivity index (χ0n) is 15.4. The van der Waals surface area contributed by atoms with Gasteiger partial charge in [0.1, 0.15) is 5.57 Å². The summed E-state index contributed by atoms with van der Waals surface area (Å²) in [4.78, 5) is 28.9. The molecule has 0 bridgehead atoms. The molecule has 2 aliphatic heterocycles. The summed E-state index contributed by atoms with van der Waals surface area (Å²) in [6.45, 7) is 3.10. The highest BCUT2D eigenvalue weighted by Gasteiger charge is 2.34. The zero-order chi connectivity index (χ0) is 20.4. The van der Waals surface area contributed by atoms with Crippen LogP contribution in [0.25, 0.3) is 6.08 Å². The highest BCUT2D eigenvalue weighted by Crippen LogP contribution is 2.24. The molecule has 29 heavy (non-hydrogen) atoms. The third kappa shape index (κ3) is 4.17. The summed E-state index contributed by atoms with van der Waals surface area (Å²) in [5.74, 6) is -0.985. The molecule has 2 aromatic carbocycles. The van der Waals surface area contributed by atoms with Gasteiger partial charge in [-0.15, -0.1) is 0 Å². The Balaban J connectivity index is 1.59. The van der Waals surface area contributed by atoms with Gasteiger partial charge in [-0.2, -0.15) is 0 Å². The number of ether oxygens (including phenoxy) is 1. The fourth-order valence-corrected chi connectivity index (χ4v) is 3.66. The van der Waals surface area contributed by atoms with E-state index in [1.807, 2.05) is 24.3 Å². The van der Waals surface area contributed by atoms with Crippen molar-refractivity contribution in [1.82, 2.24) is 5.32 Å². The van der Waals surface area contributed by atoms with Crippen LogP contribution in [0.4, 0.5) is 11.4 Å². The van der Waals surface area contributed by atoms with E-state index in [0.717, 1.165) is 24.3 Å². The second-order valence-corrected chi connectivity index (χ2v) is 7.45. The number of benzene rings is 2. The fraction of sp³-hybridized carbons (Fsp3) is 0.190. The molecule has 1 N–H and O–H groups in total. The molecular formula is C21H18ClN3O3S. The lowest BCUT2D eigenvalue weighted by molar-refractivity contribution is -0.122. The summed E-state index contributed by atoms with van der Waals surface area (Å²) < 4.78 is 5.38. The van der Waals surface area contributed by atoms with Crippen LogP contribution in [0.15, 0.2) is 54.1 Å². The number of amides is 2. The Morgan fingerprint density at radius 1 is 0.966 bits per heavy atom. The smallest absolute Gasteiger partial charge is 0.270 e. The highest BCUT2D eigenvalue weighted by atomic mass is 35.5. The molecule has 2 fully saturated rings. The van der Waals surface area contributed by atoms with Gasteiger partial charge in [0.2, 0.25) is 0 Å². The molecule has 148 valence electrons. The third-order valence-corrected chi connectivity index (χ3v) is 5.30. The topological polar surface area (TPSA) is 61.9 Å². The van der Waals surface area contributed by atoms with Gasteiger partial charge in [0, 0.05) is 23.8 Å². The van der Waals surface area contributed by atoms with Crippen molar-refractivity contribution in [3.63, 3.8) is 0 Å². The largest absolute Gasteiger partial charge is 0.378 e. The van der Waals surface area contributed by atoms with Gasteiger partial charge in [-0.1, -0.05) is 23.7 Å². The number of thiocarbonyl (C=S) groups is 1. The van der Waals surface area contributed by atoms with E-state index in [0.29, 0.717) is 23.9 Å². The van der Waals surface area contributed by atoms with Crippen molar-refractivity contribution in [3.8, 4) is 0 Å². The fourth-order valence-electron chi connectivity index (χ4n) is 3.25. The summed E-state index contributed by atoms with van der Waals surface area (Å²) in [6.07, 6.45) is 1.57. The summed E-state index contributed by atoms with van der Waals surface area (Å²) in [5.41, 5.74) is 2.40. The molecule has 8 heteroatoms. The predicted molar refractivity (Wildman–Crippen MR) is 117 cm³/mol. The van der Waals surface area contributed by atoms with E-state index in [2.05, 4.69) is 10.2 Å². The van der Waals surface area contributed by atoms with E-state index in [9.17, 15) is 9.59 Å². The van der Waals surface area contributed by atoms with Gasteiger partial charge in [0.05, 0.1) is 18.9 Å². The highest BCUT2D eigenvalue weighted by molar-refractivity contribution is 7.80. The number of rotatable bonds is 3. The summed E-state index contributed by atoms with van der Waals surface area (Å²) in [7, 11) is 0. The van der Waals surface area contributed by atoms with Gasteiger partial charge in [-0.3, -0.25) is 19.8 Å². The first kappa shape index (κ1) is 19.6. The SMILES string of the molecule is O=C1NC(=S)N(c2ccc(Cl)cc2)C(=O)/C1=C/c1ccc(N2CCOCC2)cc1. The van der Waals surface area contributed by atoms with Crippen LogP contribution < -0.4 is 15.1 Å². The van der Waals surface area contributed by atoms with E-state index in [-0.39, 0.29) is 10.7 Å². The first-order chi connectivity index (χ1) is 14.0. The maximum absolute atomic E-state index is 13.0. The summed E-state index contributed by atoms with van der Waals surface area (Å²) in [6, 6.07) is 14.4. The van der Waals surface area contributed by atoms with Gasteiger partial charge < -0.3 is 9.64 Å². The van der Waals surface area contributed by atoms with Gasteiger partial charge in [0.25, 0.3) is 11.8 Å². The van der Waals surface area contributed by atoms with Crippen molar-refractivity contribution in [1.29, 1.82) is 0 Å². The summed E-state index contributed by atoms with van der Waals surface area (Å²) in [5, 5.41) is 3.17. The lowest BCUT2D eigenvalue weighted by Gasteiger charge is -2.29. The van der Waals surface area contributed by atoms with Gasteiger partial charge >= 0.3 is 0 Å². The van der Waals surface area contributed by atoms with Gasteiger partial charge in [-0.05, 0) is 60.3 Å². The van der Waals surface area contributed by atoms with E-state index in [1.165, 1.54) is 4.90 Å². The van der Waals surface area contributed by atoms with Crippen molar-refractivity contribution in [2.24, 2.45) is 0 Å². The molecule has 2 heterocycles. The number of nitrogens with one attached hydrogen (secondary N) is 1. The Bertz CT molecular complexity index is 983. The maximum Gasteiger partial charge on any atom is 0.270 e. The number of nitrogens with zero attached hydrogens (tertiary/aromatic N) is 2. The molecule has 6 nitrogen and oxygen atoms in total. The molecule has 0 unspecified atom stereocenters. The quantitative estimate of drug-likeness (QED) is 0.463. The minimum absolute atomic E-state index is 0.0210. The van der Waals surface area contributed by atoms with Gasteiger partial charge in [-0.25, -0.2) is 0 Å². The standard InChI is InChI=1S/C21H18ClN3O3S/c22-15-3-7-17(8-4-15)25-20(27)18(19(26)23-21(25)29)13-14-1-5-16(6-2-14)24-9-11-28-12-10-24/h1-8,13H,9-12H2,(H,23,26,29)/b18-13+. The van der Waals surface area contributed by atoms with Crippen molar-refractivity contribution >= 4 is 58.2 Å². The van der Waals surface area contributed by atoms with Crippen LogP contribution in [-0.2, 0) is 14.3 Å². The number of anilines is 2. The second kappa shape index (κ2) is 8.32. The molecule has 0 radical (unpaired) electrons. The maximum atomic E-state index is 13.0. The van der Waals surface area contributed by atoms with E-state index < -0.39 is 11.8 Å².